The number of hydrogen-bond acceptors (Lipinski definition) is 7. The van der Waals surface area contributed by atoms with Gasteiger partial charge in [-0.15, -0.1) is 0 Å². The Labute approximate surface area is 241 Å². The van der Waals surface area contributed by atoms with Crippen molar-refractivity contribution in [1.29, 1.82) is 0 Å². The average molecular weight is 632 g/mol. The molecule has 214 valence electrons. The first-order valence-electron chi connectivity index (χ1n) is 12.6. The van der Waals surface area contributed by atoms with Gasteiger partial charge in [0, 0.05) is 41.5 Å². The second-order valence-corrected chi connectivity index (χ2v) is 9.91. The van der Waals surface area contributed by atoms with Crippen LogP contribution in [0.4, 0.5) is 29.3 Å². The van der Waals surface area contributed by atoms with Crippen LogP contribution in [-0.4, -0.2) is 60.4 Å². The number of fused-ring (bicyclic) bond motifs is 1. The van der Waals surface area contributed by atoms with E-state index in [1.165, 1.54) is 18.5 Å². The maximum atomic E-state index is 13.1. The highest BCUT2D eigenvalue weighted by molar-refractivity contribution is 9.10. The molecule has 0 radical (unpaired) electrons. The first kappa shape index (κ1) is 28.6. The zero-order valence-electron chi connectivity index (χ0n) is 21.6. The van der Waals surface area contributed by atoms with E-state index in [1.54, 1.807) is 24.3 Å². The van der Waals surface area contributed by atoms with Crippen LogP contribution < -0.4 is 20.1 Å². The molecular formula is C28H25BrF3N5O4. The number of nitrogens with zero attached hydrogens (tertiary/aromatic N) is 3. The number of benzene rings is 3. The Bertz CT molecular complexity index is 1520. The summed E-state index contributed by atoms with van der Waals surface area (Å²) in [6, 6.07) is 14.7. The fourth-order valence-corrected chi connectivity index (χ4v) is 4.60. The van der Waals surface area contributed by atoms with Gasteiger partial charge in [0.1, 0.15) is 24.4 Å². The number of hydrogen-bond donors (Lipinski definition) is 2. The molecule has 1 saturated heterocycles. The Hall–Kier alpha value is -3.94. The van der Waals surface area contributed by atoms with Gasteiger partial charge < -0.3 is 24.8 Å². The number of ether oxygens (including phenoxy) is 3. The first-order chi connectivity index (χ1) is 19.7. The summed E-state index contributed by atoms with van der Waals surface area (Å²) >= 11 is 2.88. The van der Waals surface area contributed by atoms with Crippen LogP contribution in [0.25, 0.3) is 10.9 Å². The van der Waals surface area contributed by atoms with E-state index in [-0.39, 0.29) is 10.2 Å². The third-order valence-electron chi connectivity index (χ3n) is 6.21. The Morgan fingerprint density at radius 2 is 1.66 bits per heavy atom. The number of carbonyl (C=O) groups excluding carboxylic acids is 1. The Kier molecular flexibility index (Phi) is 8.86. The van der Waals surface area contributed by atoms with Crippen LogP contribution in [0.2, 0.25) is 0 Å². The van der Waals surface area contributed by atoms with Crippen LogP contribution >= 0.6 is 15.9 Å². The lowest BCUT2D eigenvalue weighted by atomic mass is 10.2. The van der Waals surface area contributed by atoms with Gasteiger partial charge in [0.05, 0.1) is 29.7 Å². The number of amides is 2. The van der Waals surface area contributed by atoms with Crippen LogP contribution in [-0.2, 0) is 10.9 Å². The minimum Gasteiger partial charge on any atom is -0.492 e. The number of rotatable bonds is 8. The zero-order valence-corrected chi connectivity index (χ0v) is 23.2. The second-order valence-electron chi connectivity index (χ2n) is 9.06. The van der Waals surface area contributed by atoms with Crippen molar-refractivity contribution in [3.05, 3.63) is 77.0 Å². The molecule has 0 saturated carbocycles. The van der Waals surface area contributed by atoms with Gasteiger partial charge in [0.15, 0.2) is 0 Å². The van der Waals surface area contributed by atoms with Gasteiger partial charge in [0.25, 0.3) is 0 Å². The molecule has 2 N–H and O–H groups in total. The number of nitrogens with one attached hydrogen (secondary N) is 2. The van der Waals surface area contributed by atoms with Crippen molar-refractivity contribution in [2.45, 2.75) is 6.18 Å². The van der Waals surface area contributed by atoms with Crippen molar-refractivity contribution < 1.29 is 32.2 Å². The maximum absolute atomic E-state index is 13.1. The molecule has 0 aliphatic carbocycles. The molecule has 0 bridgehead atoms. The van der Waals surface area contributed by atoms with Crippen molar-refractivity contribution >= 4 is 44.2 Å². The topological polar surface area (TPSA) is 97.8 Å². The Balaban J connectivity index is 1.18. The molecule has 1 fully saturated rings. The highest BCUT2D eigenvalue weighted by Gasteiger charge is 2.33. The number of carbonyl (C=O) groups is 1. The molecular weight excluding hydrogens is 607 g/mol. The number of morpholine rings is 1. The molecule has 13 heteroatoms. The van der Waals surface area contributed by atoms with Crippen molar-refractivity contribution in [3.63, 3.8) is 0 Å². The van der Waals surface area contributed by atoms with Crippen molar-refractivity contribution in [3.8, 4) is 17.4 Å². The lowest BCUT2D eigenvalue weighted by molar-refractivity contribution is -0.138. The number of urea groups is 1. The first-order valence-corrected chi connectivity index (χ1v) is 13.4. The molecule has 2 heterocycles. The standard InChI is InChI=1S/C28H25BrF3N5O4/c29-24-8-3-19(15-23(24)28(30,31)32)36-27(38)35-18-1-4-20(5-2-18)41-26-22-7-6-21(16-25(22)33-17-34-26)40-14-11-37-9-12-39-13-10-37/h1-8,15-17H,9-14H2,(H2,35,36,38). The molecule has 0 spiro atoms. The van der Waals surface area contributed by atoms with Gasteiger partial charge in [0.2, 0.25) is 5.88 Å². The maximum Gasteiger partial charge on any atom is 0.417 e. The summed E-state index contributed by atoms with van der Waals surface area (Å²) in [5.74, 6) is 1.51. The molecule has 5 rings (SSSR count). The summed E-state index contributed by atoms with van der Waals surface area (Å²) in [4.78, 5) is 23.2. The van der Waals surface area contributed by atoms with Crippen LogP contribution in [0, 0.1) is 0 Å². The third-order valence-corrected chi connectivity index (χ3v) is 6.90. The van der Waals surface area contributed by atoms with Crippen LogP contribution in [0.3, 0.4) is 0 Å². The molecule has 1 aliphatic rings. The monoisotopic (exact) mass is 631 g/mol. The molecule has 3 aromatic carbocycles. The van der Waals surface area contributed by atoms with Gasteiger partial charge in [-0.25, -0.2) is 14.8 Å². The summed E-state index contributed by atoms with van der Waals surface area (Å²) in [6.07, 6.45) is -3.15. The largest absolute Gasteiger partial charge is 0.492 e. The van der Waals surface area contributed by atoms with Crippen molar-refractivity contribution in [2.75, 3.05) is 50.1 Å². The SMILES string of the molecule is O=C(Nc1ccc(Oc2ncnc3cc(OCCN4CCOCC4)ccc23)cc1)Nc1ccc(Br)c(C(F)(F)F)c1. The number of alkyl halides is 3. The van der Waals surface area contributed by atoms with E-state index in [1.807, 2.05) is 18.2 Å². The number of aromatic nitrogens is 2. The van der Waals surface area contributed by atoms with Crippen LogP contribution in [0.1, 0.15) is 5.56 Å². The smallest absolute Gasteiger partial charge is 0.417 e. The molecule has 2 amide bonds. The minimum absolute atomic E-state index is 0.000669. The summed E-state index contributed by atoms with van der Waals surface area (Å²) < 4.78 is 56.5. The molecule has 9 nitrogen and oxygen atoms in total. The van der Waals surface area contributed by atoms with Crippen molar-refractivity contribution in [1.82, 2.24) is 14.9 Å². The van der Waals surface area contributed by atoms with E-state index >= 15 is 0 Å². The van der Waals surface area contributed by atoms with Crippen LogP contribution in [0.15, 0.2) is 71.5 Å². The second kappa shape index (κ2) is 12.7. The Morgan fingerprint density at radius 1 is 0.951 bits per heavy atom. The van der Waals surface area contributed by atoms with E-state index in [4.69, 9.17) is 14.2 Å². The lowest BCUT2D eigenvalue weighted by Crippen LogP contribution is -2.38. The lowest BCUT2D eigenvalue weighted by Gasteiger charge is -2.26. The van der Waals surface area contributed by atoms with E-state index < -0.39 is 17.8 Å². The molecule has 0 unspecified atom stereocenters. The quantitative estimate of drug-likeness (QED) is 0.227. The predicted octanol–water partition coefficient (Wildman–Crippen LogP) is 6.56. The number of halogens is 4. The summed E-state index contributed by atoms with van der Waals surface area (Å²) in [5, 5.41) is 5.68. The summed E-state index contributed by atoms with van der Waals surface area (Å²) in [6.45, 7) is 4.65. The zero-order chi connectivity index (χ0) is 28.8. The van der Waals surface area contributed by atoms with Crippen LogP contribution in [0.5, 0.6) is 17.4 Å². The minimum atomic E-state index is -4.56. The van der Waals surface area contributed by atoms with Gasteiger partial charge in [-0.2, -0.15) is 13.2 Å². The highest BCUT2D eigenvalue weighted by atomic mass is 79.9. The highest BCUT2D eigenvalue weighted by Crippen LogP contribution is 2.36. The van der Waals surface area contributed by atoms with Gasteiger partial charge in [-0.3, -0.25) is 4.90 Å². The molecule has 0 atom stereocenters. The van der Waals surface area contributed by atoms with Gasteiger partial charge >= 0.3 is 12.2 Å². The molecule has 1 aliphatic heterocycles. The summed E-state index contributed by atoms with van der Waals surface area (Å²) in [5.41, 5.74) is 0.186. The predicted molar refractivity (Wildman–Crippen MR) is 151 cm³/mol. The fourth-order valence-electron chi connectivity index (χ4n) is 4.13. The van der Waals surface area contributed by atoms with Gasteiger partial charge in [-0.1, -0.05) is 15.9 Å². The van der Waals surface area contributed by atoms with E-state index in [2.05, 4.69) is 41.4 Å². The Morgan fingerprint density at radius 3 is 2.41 bits per heavy atom. The summed E-state index contributed by atoms with van der Waals surface area (Å²) in [7, 11) is 0. The normalized spacial score (nSPS) is 14.0. The molecule has 1 aromatic heterocycles. The van der Waals surface area contributed by atoms with Gasteiger partial charge in [-0.05, 0) is 54.6 Å². The molecule has 4 aromatic rings. The fraction of sp³-hybridized carbons (Fsp3) is 0.250. The average Bonchev–Trinajstić information content (AvgIpc) is 2.95. The molecule has 41 heavy (non-hydrogen) atoms. The van der Waals surface area contributed by atoms with E-state index in [9.17, 15) is 18.0 Å². The van der Waals surface area contributed by atoms with E-state index in [0.29, 0.717) is 40.6 Å². The van der Waals surface area contributed by atoms with E-state index in [0.717, 1.165) is 38.9 Å². The van der Waals surface area contributed by atoms with Crippen molar-refractivity contribution in [2.24, 2.45) is 0 Å². The third kappa shape index (κ3) is 7.63. The number of anilines is 2.